The first-order valence-electron chi connectivity index (χ1n) is 7.75. The van der Waals surface area contributed by atoms with Crippen LogP contribution in [0.4, 0.5) is 5.69 Å². The lowest BCUT2D eigenvalue weighted by atomic mass is 10.1. The van der Waals surface area contributed by atoms with Crippen LogP contribution in [-0.2, 0) is 14.3 Å². The number of aromatic amines is 1. The summed E-state index contributed by atoms with van der Waals surface area (Å²) in [4.78, 5) is 38.7. The monoisotopic (exact) mass is 360 g/mol. The van der Waals surface area contributed by atoms with Crippen molar-refractivity contribution in [1.82, 2.24) is 4.98 Å². The van der Waals surface area contributed by atoms with Crippen LogP contribution in [0.3, 0.4) is 0 Å². The standard InChI is InChI=1S/C18H20N2O6/c1-10-15(17(22)25-4)11(2)19-16(10)18(23)26-9-14(21)20-12-6-5-7-13(8-12)24-3/h5-8,19H,9H2,1-4H3,(H,20,21). The topological polar surface area (TPSA) is 107 Å². The summed E-state index contributed by atoms with van der Waals surface area (Å²) in [6, 6.07) is 6.79. The van der Waals surface area contributed by atoms with Gasteiger partial charge in [-0.1, -0.05) is 6.07 Å². The molecule has 1 aromatic heterocycles. The molecular weight excluding hydrogens is 340 g/mol. The number of esters is 2. The van der Waals surface area contributed by atoms with Gasteiger partial charge in [0.25, 0.3) is 5.91 Å². The van der Waals surface area contributed by atoms with Crippen molar-refractivity contribution in [3.63, 3.8) is 0 Å². The smallest absolute Gasteiger partial charge is 0.355 e. The van der Waals surface area contributed by atoms with Gasteiger partial charge < -0.3 is 24.5 Å². The summed E-state index contributed by atoms with van der Waals surface area (Å²) in [6.45, 7) is 2.77. The van der Waals surface area contributed by atoms with Crippen LogP contribution in [0.5, 0.6) is 5.75 Å². The highest BCUT2D eigenvalue weighted by Gasteiger charge is 2.23. The molecule has 0 aliphatic carbocycles. The minimum Gasteiger partial charge on any atom is -0.497 e. The fraction of sp³-hybridized carbons (Fsp3) is 0.278. The lowest BCUT2D eigenvalue weighted by Crippen LogP contribution is -2.21. The Morgan fingerprint density at radius 1 is 1.12 bits per heavy atom. The molecule has 0 atom stereocenters. The van der Waals surface area contributed by atoms with Crippen molar-refractivity contribution in [2.24, 2.45) is 0 Å². The zero-order valence-corrected chi connectivity index (χ0v) is 15.0. The second-order valence-electron chi connectivity index (χ2n) is 5.47. The first kappa shape index (κ1) is 19.0. The van der Waals surface area contributed by atoms with Gasteiger partial charge in [0.2, 0.25) is 0 Å². The molecule has 138 valence electrons. The molecule has 0 unspecified atom stereocenters. The molecular formula is C18H20N2O6. The Morgan fingerprint density at radius 2 is 1.85 bits per heavy atom. The van der Waals surface area contributed by atoms with Gasteiger partial charge in [-0.15, -0.1) is 0 Å². The van der Waals surface area contributed by atoms with Crippen molar-refractivity contribution in [3.8, 4) is 5.75 Å². The van der Waals surface area contributed by atoms with Gasteiger partial charge in [-0.2, -0.15) is 0 Å². The molecule has 0 saturated carbocycles. The van der Waals surface area contributed by atoms with Crippen LogP contribution in [0.15, 0.2) is 24.3 Å². The largest absolute Gasteiger partial charge is 0.497 e. The maximum Gasteiger partial charge on any atom is 0.355 e. The lowest BCUT2D eigenvalue weighted by Gasteiger charge is -2.08. The van der Waals surface area contributed by atoms with Crippen molar-refractivity contribution in [1.29, 1.82) is 0 Å². The average molecular weight is 360 g/mol. The first-order valence-corrected chi connectivity index (χ1v) is 7.75. The highest BCUT2D eigenvalue weighted by Crippen LogP contribution is 2.20. The van der Waals surface area contributed by atoms with Gasteiger partial charge in [-0.25, -0.2) is 9.59 Å². The van der Waals surface area contributed by atoms with Gasteiger partial charge >= 0.3 is 11.9 Å². The maximum absolute atomic E-state index is 12.2. The number of hydrogen-bond donors (Lipinski definition) is 2. The van der Waals surface area contributed by atoms with E-state index in [2.05, 4.69) is 15.0 Å². The molecule has 2 aromatic rings. The number of benzene rings is 1. The molecule has 0 fully saturated rings. The van der Waals surface area contributed by atoms with Crippen molar-refractivity contribution < 1.29 is 28.6 Å². The van der Waals surface area contributed by atoms with Crippen molar-refractivity contribution in [2.75, 3.05) is 26.1 Å². The summed E-state index contributed by atoms with van der Waals surface area (Å²) >= 11 is 0. The zero-order valence-electron chi connectivity index (χ0n) is 15.0. The van der Waals surface area contributed by atoms with E-state index < -0.39 is 24.5 Å². The third kappa shape index (κ3) is 4.21. The van der Waals surface area contributed by atoms with Crippen molar-refractivity contribution in [2.45, 2.75) is 13.8 Å². The molecule has 26 heavy (non-hydrogen) atoms. The van der Waals surface area contributed by atoms with E-state index >= 15 is 0 Å². The molecule has 2 rings (SSSR count). The van der Waals surface area contributed by atoms with Gasteiger partial charge in [-0.3, -0.25) is 4.79 Å². The molecule has 8 nitrogen and oxygen atoms in total. The number of aromatic nitrogens is 1. The van der Waals surface area contributed by atoms with E-state index in [0.29, 0.717) is 22.7 Å². The normalized spacial score (nSPS) is 10.2. The SMILES string of the molecule is COC(=O)c1c(C)[nH]c(C(=O)OCC(=O)Nc2cccc(OC)c2)c1C. The Hall–Kier alpha value is -3.29. The predicted octanol–water partition coefficient (Wildman–Crippen LogP) is 2.22. The summed E-state index contributed by atoms with van der Waals surface area (Å²) in [6.07, 6.45) is 0. The van der Waals surface area contributed by atoms with Crippen LogP contribution >= 0.6 is 0 Å². The minimum absolute atomic E-state index is 0.108. The van der Waals surface area contributed by atoms with Crippen molar-refractivity contribution >= 4 is 23.5 Å². The fourth-order valence-electron chi connectivity index (χ4n) is 2.46. The fourth-order valence-corrected chi connectivity index (χ4v) is 2.46. The number of ether oxygens (including phenoxy) is 3. The van der Waals surface area contributed by atoms with Crippen molar-refractivity contribution in [3.05, 3.63) is 46.8 Å². The van der Waals surface area contributed by atoms with E-state index in [0.717, 1.165) is 0 Å². The number of rotatable bonds is 6. The van der Waals surface area contributed by atoms with E-state index in [1.54, 1.807) is 38.1 Å². The van der Waals surface area contributed by atoms with Crippen LogP contribution in [0.2, 0.25) is 0 Å². The number of carbonyl (C=O) groups excluding carboxylic acids is 3. The third-order valence-corrected chi connectivity index (χ3v) is 3.72. The summed E-state index contributed by atoms with van der Waals surface area (Å²) in [5.74, 6) is -1.19. The summed E-state index contributed by atoms with van der Waals surface area (Å²) < 4.78 is 14.8. The second kappa shape index (κ2) is 8.19. The summed E-state index contributed by atoms with van der Waals surface area (Å²) in [5, 5.41) is 2.60. The van der Waals surface area contributed by atoms with E-state index in [9.17, 15) is 14.4 Å². The number of carbonyl (C=O) groups is 3. The van der Waals surface area contributed by atoms with Gasteiger partial charge in [0.05, 0.1) is 19.8 Å². The Labute approximate surface area is 150 Å². The Morgan fingerprint density at radius 3 is 2.50 bits per heavy atom. The maximum atomic E-state index is 12.2. The highest BCUT2D eigenvalue weighted by molar-refractivity contribution is 5.99. The highest BCUT2D eigenvalue weighted by atomic mass is 16.5. The zero-order chi connectivity index (χ0) is 19.3. The number of nitrogens with one attached hydrogen (secondary N) is 2. The summed E-state index contributed by atoms with van der Waals surface area (Å²) in [7, 11) is 2.78. The number of amides is 1. The Kier molecular flexibility index (Phi) is 6.00. The molecule has 0 aliphatic heterocycles. The molecule has 8 heteroatoms. The summed E-state index contributed by atoms with van der Waals surface area (Å²) in [5.41, 5.74) is 1.80. The molecule has 0 radical (unpaired) electrons. The van der Waals surface area contributed by atoms with Gasteiger partial charge in [0.1, 0.15) is 11.4 Å². The first-order chi connectivity index (χ1) is 12.4. The quantitative estimate of drug-likeness (QED) is 0.765. The predicted molar refractivity (Wildman–Crippen MR) is 93.5 cm³/mol. The van der Waals surface area contributed by atoms with Crippen LogP contribution in [-0.4, -0.2) is 43.7 Å². The van der Waals surface area contributed by atoms with E-state index in [-0.39, 0.29) is 11.3 Å². The van der Waals surface area contributed by atoms with Gasteiger partial charge in [0.15, 0.2) is 6.61 Å². The minimum atomic E-state index is -0.735. The van der Waals surface area contributed by atoms with Gasteiger partial charge in [0, 0.05) is 17.4 Å². The lowest BCUT2D eigenvalue weighted by molar-refractivity contribution is -0.119. The molecule has 1 amide bonds. The van der Waals surface area contributed by atoms with Crippen LogP contribution in [0.25, 0.3) is 0 Å². The number of anilines is 1. The molecule has 1 heterocycles. The van der Waals surface area contributed by atoms with Crippen LogP contribution < -0.4 is 10.1 Å². The van der Waals surface area contributed by atoms with Crippen LogP contribution in [0.1, 0.15) is 32.1 Å². The molecule has 0 aliphatic rings. The Balaban J connectivity index is 2.00. The van der Waals surface area contributed by atoms with Gasteiger partial charge in [-0.05, 0) is 31.5 Å². The number of aryl methyl sites for hydroxylation is 1. The molecule has 1 aromatic carbocycles. The number of hydrogen-bond acceptors (Lipinski definition) is 6. The third-order valence-electron chi connectivity index (χ3n) is 3.72. The van der Waals surface area contributed by atoms with E-state index in [1.165, 1.54) is 14.2 Å². The number of H-pyrrole nitrogens is 1. The molecule has 2 N–H and O–H groups in total. The number of methoxy groups -OCH3 is 2. The Bertz CT molecular complexity index is 840. The average Bonchev–Trinajstić information content (AvgIpc) is 2.93. The molecule has 0 spiro atoms. The second-order valence-corrected chi connectivity index (χ2v) is 5.47. The van der Waals surface area contributed by atoms with E-state index in [1.807, 2.05) is 0 Å². The van der Waals surface area contributed by atoms with Crippen LogP contribution in [0, 0.1) is 13.8 Å². The molecule has 0 saturated heterocycles. The van der Waals surface area contributed by atoms with E-state index in [4.69, 9.17) is 9.47 Å². The molecule has 0 bridgehead atoms.